The number of hydrogen-bond acceptors (Lipinski definition) is 3. The van der Waals surface area contributed by atoms with Gasteiger partial charge in [-0.1, -0.05) is 13.0 Å². The monoisotopic (exact) mass is 298 g/mol. The van der Waals surface area contributed by atoms with E-state index >= 15 is 0 Å². The van der Waals surface area contributed by atoms with Gasteiger partial charge in [0, 0.05) is 12.8 Å². The van der Waals surface area contributed by atoms with E-state index < -0.39 is 38.3 Å². The van der Waals surface area contributed by atoms with Crippen LogP contribution in [0, 0.1) is 5.82 Å². The first-order chi connectivity index (χ1) is 8.59. The van der Waals surface area contributed by atoms with Crippen molar-refractivity contribution in [2.45, 2.75) is 30.2 Å². The van der Waals surface area contributed by atoms with Crippen molar-refractivity contribution in [1.29, 1.82) is 0 Å². The second-order valence-electron chi connectivity index (χ2n) is 3.77. The van der Waals surface area contributed by atoms with E-state index in [1.165, 1.54) is 6.92 Å². The van der Waals surface area contributed by atoms with Gasteiger partial charge in [-0.2, -0.15) is 13.2 Å². The molecule has 0 aliphatic rings. The van der Waals surface area contributed by atoms with Gasteiger partial charge >= 0.3 is 5.51 Å². The van der Waals surface area contributed by atoms with Crippen LogP contribution in [0.2, 0.25) is 0 Å². The van der Waals surface area contributed by atoms with E-state index in [-0.39, 0.29) is 18.1 Å². The Kier molecular flexibility index (Phi) is 4.34. The first-order valence-electron chi connectivity index (χ1n) is 5.21. The predicted molar refractivity (Wildman–Crippen MR) is 58.6 cm³/mol. The van der Waals surface area contributed by atoms with Gasteiger partial charge in [0.05, 0.1) is 4.90 Å². The molecule has 0 bridgehead atoms. The summed E-state index contributed by atoms with van der Waals surface area (Å²) in [7, 11) is -5.68. The minimum atomic E-state index is -5.68. The number of Topliss-reactive ketones (excluding diaryl/α,β-unsaturated/α-hetero) is 1. The summed E-state index contributed by atoms with van der Waals surface area (Å²) in [4.78, 5) is 10.0. The van der Waals surface area contributed by atoms with E-state index in [9.17, 15) is 30.8 Å². The first kappa shape index (κ1) is 15.6. The van der Waals surface area contributed by atoms with Crippen molar-refractivity contribution in [3.05, 3.63) is 29.6 Å². The van der Waals surface area contributed by atoms with Gasteiger partial charge < -0.3 is 0 Å². The number of alkyl halides is 3. The van der Waals surface area contributed by atoms with Crippen molar-refractivity contribution in [2.24, 2.45) is 0 Å². The molecule has 3 nitrogen and oxygen atoms in total. The van der Waals surface area contributed by atoms with E-state index in [1.54, 1.807) is 0 Å². The van der Waals surface area contributed by atoms with E-state index in [2.05, 4.69) is 0 Å². The summed E-state index contributed by atoms with van der Waals surface area (Å²) in [6.45, 7) is 1.49. The van der Waals surface area contributed by atoms with E-state index in [0.717, 1.165) is 12.1 Å². The third-order valence-electron chi connectivity index (χ3n) is 2.41. The lowest BCUT2D eigenvalue weighted by atomic mass is 10.1. The molecule has 1 rings (SSSR count). The Balaban J connectivity index is 3.42. The highest BCUT2D eigenvalue weighted by Gasteiger charge is 2.48. The molecule has 1 aromatic rings. The van der Waals surface area contributed by atoms with Crippen LogP contribution in [0.5, 0.6) is 0 Å². The van der Waals surface area contributed by atoms with Crippen LogP contribution in [0.15, 0.2) is 23.1 Å². The van der Waals surface area contributed by atoms with Gasteiger partial charge in [0.2, 0.25) is 0 Å². The van der Waals surface area contributed by atoms with Crippen LogP contribution < -0.4 is 0 Å². The van der Waals surface area contributed by atoms with Crippen LogP contribution in [0.25, 0.3) is 0 Å². The normalized spacial score (nSPS) is 12.5. The van der Waals surface area contributed by atoms with Gasteiger partial charge in [0.25, 0.3) is 9.84 Å². The third kappa shape index (κ3) is 3.31. The molecule has 0 radical (unpaired) electrons. The molecule has 0 amide bonds. The molecule has 19 heavy (non-hydrogen) atoms. The van der Waals surface area contributed by atoms with Crippen molar-refractivity contribution in [3.8, 4) is 0 Å². The molecule has 0 unspecified atom stereocenters. The Labute approximate surface area is 107 Å². The molecule has 0 aliphatic heterocycles. The van der Waals surface area contributed by atoms with Gasteiger partial charge in [0.1, 0.15) is 11.6 Å². The van der Waals surface area contributed by atoms with Crippen molar-refractivity contribution in [2.75, 3.05) is 0 Å². The maximum absolute atomic E-state index is 13.0. The second kappa shape index (κ2) is 5.28. The fourth-order valence-electron chi connectivity index (χ4n) is 1.39. The van der Waals surface area contributed by atoms with E-state index in [4.69, 9.17) is 0 Å². The quantitative estimate of drug-likeness (QED) is 0.803. The zero-order chi connectivity index (χ0) is 14.8. The van der Waals surface area contributed by atoms with Gasteiger partial charge in [-0.3, -0.25) is 4.79 Å². The molecule has 0 spiro atoms. The smallest absolute Gasteiger partial charge is 0.299 e. The topological polar surface area (TPSA) is 51.2 Å². The number of hydrogen-bond donors (Lipinski definition) is 0. The highest BCUT2D eigenvalue weighted by atomic mass is 32.2. The lowest BCUT2D eigenvalue weighted by Crippen LogP contribution is -2.25. The van der Waals surface area contributed by atoms with Gasteiger partial charge in [-0.25, -0.2) is 12.8 Å². The fraction of sp³-hybridized carbons (Fsp3) is 0.364. The zero-order valence-electron chi connectivity index (χ0n) is 9.79. The zero-order valence-corrected chi connectivity index (χ0v) is 10.6. The summed E-state index contributed by atoms with van der Waals surface area (Å²) in [6, 6.07) is 1.97. The minimum absolute atomic E-state index is 0.0445. The summed E-state index contributed by atoms with van der Waals surface area (Å²) in [6.07, 6.45) is -0.440. The Morgan fingerprint density at radius 1 is 1.26 bits per heavy atom. The second-order valence-corrected chi connectivity index (χ2v) is 5.68. The molecule has 0 fully saturated rings. The van der Waals surface area contributed by atoms with Crippen LogP contribution in [-0.2, 0) is 21.1 Å². The Morgan fingerprint density at radius 2 is 1.84 bits per heavy atom. The van der Waals surface area contributed by atoms with Crippen LogP contribution >= 0.6 is 0 Å². The maximum atomic E-state index is 13.0. The number of sulfone groups is 1. The molecule has 0 heterocycles. The average Bonchev–Trinajstić information content (AvgIpc) is 2.29. The summed E-state index contributed by atoms with van der Waals surface area (Å²) >= 11 is 0. The molecular weight excluding hydrogens is 288 g/mol. The molecule has 0 saturated heterocycles. The highest BCUT2D eigenvalue weighted by molar-refractivity contribution is 7.92. The van der Waals surface area contributed by atoms with Gasteiger partial charge in [-0.15, -0.1) is 0 Å². The molecule has 0 atom stereocenters. The number of ketones is 1. The van der Waals surface area contributed by atoms with Crippen molar-refractivity contribution in [3.63, 3.8) is 0 Å². The van der Waals surface area contributed by atoms with Crippen molar-refractivity contribution in [1.82, 2.24) is 0 Å². The molecule has 1 aromatic carbocycles. The molecule has 0 saturated carbocycles. The molecule has 106 valence electrons. The Bertz CT molecular complexity index is 590. The number of carbonyl (C=O) groups is 1. The maximum Gasteiger partial charge on any atom is 0.501 e. The van der Waals surface area contributed by atoms with Gasteiger partial charge in [0.15, 0.2) is 0 Å². The minimum Gasteiger partial charge on any atom is -0.299 e. The molecule has 0 aliphatic carbocycles. The summed E-state index contributed by atoms with van der Waals surface area (Å²) in [5.74, 6) is -1.55. The standard InChI is InChI=1S/C11H10F4O3S/c1-2-9(16)5-7-3-4-8(12)6-10(7)19(17,18)11(13,14)15/h3-4,6H,2,5H2,1H3. The van der Waals surface area contributed by atoms with Crippen molar-refractivity contribution >= 4 is 15.6 Å². The lowest BCUT2D eigenvalue weighted by Gasteiger charge is -2.12. The average molecular weight is 298 g/mol. The summed E-state index contributed by atoms with van der Waals surface area (Å²) < 4.78 is 72.9. The molecule has 0 N–H and O–H groups in total. The number of rotatable bonds is 4. The Morgan fingerprint density at radius 3 is 2.32 bits per heavy atom. The SMILES string of the molecule is CCC(=O)Cc1ccc(F)cc1S(=O)(=O)C(F)(F)F. The van der Waals surface area contributed by atoms with Crippen LogP contribution in [-0.4, -0.2) is 19.7 Å². The number of carbonyl (C=O) groups excluding carboxylic acids is 1. The number of halogens is 4. The fourth-order valence-corrected chi connectivity index (χ4v) is 2.39. The summed E-state index contributed by atoms with van der Waals surface area (Å²) in [5, 5.41) is 0. The molecular formula is C11H10F4O3S. The summed E-state index contributed by atoms with van der Waals surface area (Å²) in [5.41, 5.74) is -5.89. The first-order valence-corrected chi connectivity index (χ1v) is 6.69. The van der Waals surface area contributed by atoms with Gasteiger partial charge in [-0.05, 0) is 17.7 Å². The molecule has 0 aromatic heterocycles. The lowest BCUT2D eigenvalue weighted by molar-refractivity contribution is -0.118. The largest absolute Gasteiger partial charge is 0.501 e. The molecule has 8 heteroatoms. The highest BCUT2D eigenvalue weighted by Crippen LogP contribution is 2.32. The predicted octanol–water partition coefficient (Wildman–Crippen LogP) is 2.64. The Hall–Kier alpha value is -1.44. The van der Waals surface area contributed by atoms with E-state index in [0.29, 0.717) is 0 Å². The van der Waals surface area contributed by atoms with E-state index in [1.807, 2.05) is 0 Å². The van der Waals surface area contributed by atoms with Crippen LogP contribution in [0.4, 0.5) is 17.6 Å². The van der Waals surface area contributed by atoms with Crippen molar-refractivity contribution < 1.29 is 30.8 Å². The number of benzene rings is 1. The van der Waals surface area contributed by atoms with Crippen LogP contribution in [0.3, 0.4) is 0 Å². The third-order valence-corrected chi connectivity index (χ3v) is 3.97. The van der Waals surface area contributed by atoms with Crippen LogP contribution in [0.1, 0.15) is 18.9 Å².